The molecular weight excluding hydrogens is 373 g/mol. The number of hydrogen-bond donors (Lipinski definition) is 0. The number of halogens is 2. The summed E-state index contributed by atoms with van der Waals surface area (Å²) >= 11 is 5.60. The van der Waals surface area contributed by atoms with E-state index in [0.29, 0.717) is 5.56 Å². The van der Waals surface area contributed by atoms with E-state index in [2.05, 4.69) is 38.5 Å². The van der Waals surface area contributed by atoms with Crippen LogP contribution in [-0.2, 0) is 4.84 Å². The number of carbonyl (C=O) groups is 1. The molecule has 0 bridgehead atoms. The van der Waals surface area contributed by atoms with E-state index in [-0.39, 0.29) is 5.91 Å². The maximum atomic E-state index is 11.8. The first-order valence-electron chi connectivity index (χ1n) is 4.25. The van der Waals surface area contributed by atoms with Gasteiger partial charge in [-0.05, 0) is 63.1 Å². The van der Waals surface area contributed by atoms with E-state index < -0.39 is 0 Å². The van der Waals surface area contributed by atoms with Gasteiger partial charge in [0.2, 0.25) is 0 Å². The second-order valence-corrected chi connectivity index (χ2v) is 5.08. The molecule has 1 rings (SSSR count). The quantitative estimate of drug-likeness (QED) is 0.580. The Hall–Kier alpha value is -0.140. The van der Waals surface area contributed by atoms with Crippen LogP contribution in [0, 0.1) is 10.5 Å². The highest BCUT2D eigenvalue weighted by Crippen LogP contribution is 2.24. The predicted octanol–water partition coefficient (Wildman–Crippen LogP) is 3.00. The molecule has 0 fully saturated rings. The van der Waals surface area contributed by atoms with Gasteiger partial charge < -0.3 is 0 Å². The lowest BCUT2D eigenvalue weighted by Gasteiger charge is -2.15. The molecule has 0 atom stereocenters. The predicted molar refractivity (Wildman–Crippen MR) is 70.7 cm³/mol. The minimum Gasteiger partial charge on any atom is -0.274 e. The van der Waals surface area contributed by atoms with Crippen molar-refractivity contribution in [2.75, 3.05) is 14.2 Å². The van der Waals surface area contributed by atoms with Crippen molar-refractivity contribution in [1.29, 1.82) is 0 Å². The van der Waals surface area contributed by atoms with Gasteiger partial charge in [-0.3, -0.25) is 9.63 Å². The van der Waals surface area contributed by atoms with Crippen molar-refractivity contribution in [3.63, 3.8) is 0 Å². The molecule has 5 heteroatoms. The first-order valence-corrected chi connectivity index (χ1v) is 6.12. The van der Waals surface area contributed by atoms with Gasteiger partial charge in [-0.15, -0.1) is 0 Å². The van der Waals surface area contributed by atoms with Crippen LogP contribution in [0.2, 0.25) is 0 Å². The highest BCUT2D eigenvalue weighted by atomic mass is 127. The SMILES string of the molecule is CON(C)C(=O)c1cc(I)c(Br)cc1C. The summed E-state index contributed by atoms with van der Waals surface area (Å²) in [5.74, 6) is -0.139. The van der Waals surface area contributed by atoms with Gasteiger partial charge >= 0.3 is 0 Å². The molecule has 3 nitrogen and oxygen atoms in total. The molecule has 0 N–H and O–H groups in total. The Morgan fingerprint density at radius 1 is 1.53 bits per heavy atom. The second-order valence-electron chi connectivity index (χ2n) is 3.07. The molecule has 0 saturated carbocycles. The normalized spacial score (nSPS) is 10.2. The van der Waals surface area contributed by atoms with Crippen LogP contribution < -0.4 is 0 Å². The summed E-state index contributed by atoms with van der Waals surface area (Å²) in [6.45, 7) is 1.90. The lowest BCUT2D eigenvalue weighted by Crippen LogP contribution is -2.26. The van der Waals surface area contributed by atoms with Gasteiger partial charge in [0.15, 0.2) is 0 Å². The van der Waals surface area contributed by atoms with E-state index in [1.165, 1.54) is 12.2 Å². The zero-order valence-electron chi connectivity index (χ0n) is 8.67. The zero-order valence-corrected chi connectivity index (χ0v) is 12.4. The molecule has 0 unspecified atom stereocenters. The third kappa shape index (κ3) is 2.92. The minimum atomic E-state index is -0.139. The standard InChI is InChI=1S/C10H11BrINO2/c1-6-4-8(11)9(12)5-7(6)10(14)13(2)15-3/h4-5H,1-3H3. The monoisotopic (exact) mass is 383 g/mol. The molecule has 0 aliphatic carbocycles. The topological polar surface area (TPSA) is 29.5 Å². The summed E-state index contributed by atoms with van der Waals surface area (Å²) in [6, 6.07) is 3.77. The second kappa shape index (κ2) is 5.27. The van der Waals surface area contributed by atoms with Crippen LogP contribution in [0.1, 0.15) is 15.9 Å². The van der Waals surface area contributed by atoms with Crippen LogP contribution in [-0.4, -0.2) is 25.1 Å². The average molecular weight is 384 g/mol. The van der Waals surface area contributed by atoms with Crippen molar-refractivity contribution in [3.05, 3.63) is 31.3 Å². The molecule has 1 amide bonds. The highest BCUT2D eigenvalue weighted by molar-refractivity contribution is 14.1. The summed E-state index contributed by atoms with van der Waals surface area (Å²) < 4.78 is 2.00. The largest absolute Gasteiger partial charge is 0.277 e. The van der Waals surface area contributed by atoms with Gasteiger partial charge in [-0.1, -0.05) is 0 Å². The smallest absolute Gasteiger partial charge is 0.274 e. The number of hydroxylamine groups is 2. The molecule has 1 aromatic rings. The fourth-order valence-corrected chi connectivity index (χ4v) is 2.05. The lowest BCUT2D eigenvalue weighted by molar-refractivity contribution is -0.0757. The van der Waals surface area contributed by atoms with Gasteiger partial charge in [0.05, 0.1) is 7.11 Å². The Morgan fingerprint density at radius 2 is 2.13 bits per heavy atom. The van der Waals surface area contributed by atoms with Gasteiger partial charge in [-0.25, -0.2) is 5.06 Å². The van der Waals surface area contributed by atoms with Crippen LogP contribution in [0.5, 0.6) is 0 Å². The highest BCUT2D eigenvalue weighted by Gasteiger charge is 2.15. The molecule has 0 saturated heterocycles. The van der Waals surface area contributed by atoms with Crippen molar-refractivity contribution in [2.45, 2.75) is 6.92 Å². The number of aryl methyl sites for hydroxylation is 1. The zero-order chi connectivity index (χ0) is 11.6. The van der Waals surface area contributed by atoms with Gasteiger partial charge in [-0.2, -0.15) is 0 Å². The number of rotatable bonds is 2. The van der Waals surface area contributed by atoms with Crippen molar-refractivity contribution < 1.29 is 9.63 Å². The summed E-state index contributed by atoms with van der Waals surface area (Å²) in [5, 5.41) is 1.21. The van der Waals surface area contributed by atoms with E-state index in [9.17, 15) is 4.79 Å². The Bertz CT molecular complexity index is 395. The molecule has 0 radical (unpaired) electrons. The third-order valence-corrected chi connectivity index (χ3v) is 4.35. The number of nitrogens with zero attached hydrogens (tertiary/aromatic N) is 1. The molecular formula is C10H11BrINO2. The first kappa shape index (κ1) is 12.9. The Kier molecular flexibility index (Phi) is 4.54. The summed E-state index contributed by atoms with van der Waals surface area (Å²) in [5.41, 5.74) is 1.59. The fraction of sp³-hybridized carbons (Fsp3) is 0.300. The average Bonchev–Trinajstić information content (AvgIpc) is 2.21. The van der Waals surface area contributed by atoms with Gasteiger partial charge in [0, 0.05) is 20.7 Å². The van der Waals surface area contributed by atoms with Crippen molar-refractivity contribution in [3.8, 4) is 0 Å². The van der Waals surface area contributed by atoms with E-state index in [4.69, 9.17) is 4.84 Å². The van der Waals surface area contributed by atoms with E-state index in [1.54, 1.807) is 7.05 Å². The Morgan fingerprint density at radius 3 is 2.67 bits per heavy atom. The van der Waals surface area contributed by atoms with Crippen molar-refractivity contribution in [1.82, 2.24) is 5.06 Å². The number of hydrogen-bond acceptors (Lipinski definition) is 2. The summed E-state index contributed by atoms with van der Waals surface area (Å²) in [4.78, 5) is 16.7. The Balaban J connectivity index is 3.15. The Labute approximate surface area is 111 Å². The molecule has 1 aromatic carbocycles. The molecule has 0 aliphatic rings. The van der Waals surface area contributed by atoms with Gasteiger partial charge in [0.1, 0.15) is 0 Å². The van der Waals surface area contributed by atoms with Crippen LogP contribution in [0.15, 0.2) is 16.6 Å². The van der Waals surface area contributed by atoms with Gasteiger partial charge in [0.25, 0.3) is 5.91 Å². The van der Waals surface area contributed by atoms with Crippen molar-refractivity contribution in [2.24, 2.45) is 0 Å². The van der Waals surface area contributed by atoms with Crippen LogP contribution in [0.4, 0.5) is 0 Å². The number of benzene rings is 1. The minimum absolute atomic E-state index is 0.139. The molecule has 0 aromatic heterocycles. The van der Waals surface area contributed by atoms with Crippen molar-refractivity contribution >= 4 is 44.4 Å². The number of carbonyl (C=O) groups excluding carboxylic acids is 1. The molecule has 0 heterocycles. The lowest BCUT2D eigenvalue weighted by atomic mass is 10.1. The molecule has 15 heavy (non-hydrogen) atoms. The third-order valence-electron chi connectivity index (χ3n) is 2.06. The van der Waals surface area contributed by atoms with E-state index in [1.807, 2.05) is 19.1 Å². The molecule has 0 aliphatic heterocycles. The first-order chi connectivity index (χ1) is 6.97. The van der Waals surface area contributed by atoms with Crippen LogP contribution >= 0.6 is 38.5 Å². The van der Waals surface area contributed by atoms with E-state index >= 15 is 0 Å². The molecule has 82 valence electrons. The maximum absolute atomic E-state index is 11.8. The fourth-order valence-electron chi connectivity index (χ4n) is 1.13. The number of amides is 1. The molecule has 0 spiro atoms. The van der Waals surface area contributed by atoms with E-state index in [0.717, 1.165) is 13.6 Å². The summed E-state index contributed by atoms with van der Waals surface area (Å²) in [6.07, 6.45) is 0. The maximum Gasteiger partial charge on any atom is 0.277 e. The summed E-state index contributed by atoms with van der Waals surface area (Å²) in [7, 11) is 3.06. The van der Waals surface area contributed by atoms with Crippen LogP contribution in [0.3, 0.4) is 0 Å². The van der Waals surface area contributed by atoms with Crippen LogP contribution in [0.25, 0.3) is 0 Å².